The van der Waals surface area contributed by atoms with Gasteiger partial charge in [0.25, 0.3) is 0 Å². The van der Waals surface area contributed by atoms with Crippen molar-refractivity contribution < 1.29 is 0 Å². The van der Waals surface area contributed by atoms with Crippen LogP contribution in [-0.4, -0.2) is 9.38 Å². The van der Waals surface area contributed by atoms with Gasteiger partial charge in [-0.1, -0.05) is 17.7 Å². The number of hydrogen-bond donors (Lipinski definition) is 0. The van der Waals surface area contributed by atoms with E-state index in [-0.39, 0.29) is 5.82 Å². The molecule has 0 saturated heterocycles. The van der Waals surface area contributed by atoms with Crippen LogP contribution >= 0.6 is 22.9 Å². The molecule has 0 aromatic carbocycles. The third-order valence-electron chi connectivity index (χ3n) is 2.40. The highest BCUT2D eigenvalue weighted by molar-refractivity contribution is 7.13. The first-order valence-electron chi connectivity index (χ1n) is 4.84. The van der Waals surface area contributed by atoms with Crippen LogP contribution in [0.25, 0.3) is 16.2 Å². The number of fused-ring (bicyclic) bond motifs is 1. The maximum absolute atomic E-state index is 11.0. The molecule has 3 aromatic rings. The van der Waals surface area contributed by atoms with Crippen LogP contribution in [-0.2, 0) is 0 Å². The predicted octanol–water partition coefficient (Wildman–Crippen LogP) is 4.11. The second-order valence-corrected chi connectivity index (χ2v) is 4.81. The van der Waals surface area contributed by atoms with E-state index in [1.54, 1.807) is 22.7 Å². The molecule has 0 unspecified atom stereocenters. The molecule has 0 N–H and O–H groups in total. The first kappa shape index (κ1) is 10.4. The maximum atomic E-state index is 11.0. The van der Waals surface area contributed by atoms with Gasteiger partial charge in [0.15, 0.2) is 0 Å². The van der Waals surface area contributed by atoms with Crippen molar-refractivity contribution in [3.8, 4) is 10.6 Å². The molecule has 3 rings (SSSR count). The zero-order valence-corrected chi connectivity index (χ0v) is 10.1. The van der Waals surface area contributed by atoms with Crippen molar-refractivity contribution in [2.24, 2.45) is 5.18 Å². The van der Waals surface area contributed by atoms with E-state index in [2.05, 4.69) is 10.2 Å². The zero-order valence-electron chi connectivity index (χ0n) is 8.50. The second-order valence-electron chi connectivity index (χ2n) is 3.43. The summed E-state index contributed by atoms with van der Waals surface area (Å²) in [5.74, 6) is 0.282. The van der Waals surface area contributed by atoms with Crippen LogP contribution in [0.2, 0.25) is 5.02 Å². The highest BCUT2D eigenvalue weighted by atomic mass is 35.5. The number of pyridine rings is 1. The molecule has 4 nitrogen and oxygen atoms in total. The van der Waals surface area contributed by atoms with E-state index < -0.39 is 0 Å². The van der Waals surface area contributed by atoms with Gasteiger partial charge in [-0.2, -0.15) is 0 Å². The number of halogens is 1. The smallest absolute Gasteiger partial charge is 0.210 e. The standard InChI is InChI=1S/C11H6ClN3OS/c12-7-3-4-9-13-10(8-2-1-5-17-8)11(14-16)15(9)6-7/h1-6H. The minimum Gasteiger partial charge on any atom is -0.280 e. The molecular formula is C11H6ClN3OS. The molecule has 0 saturated carbocycles. The Hall–Kier alpha value is -1.72. The molecule has 0 radical (unpaired) electrons. The Kier molecular flexibility index (Phi) is 2.42. The summed E-state index contributed by atoms with van der Waals surface area (Å²) in [5.41, 5.74) is 1.25. The molecule has 84 valence electrons. The molecule has 0 aliphatic carbocycles. The van der Waals surface area contributed by atoms with Crippen LogP contribution < -0.4 is 0 Å². The van der Waals surface area contributed by atoms with E-state index in [1.807, 2.05) is 17.5 Å². The van der Waals surface area contributed by atoms with Crippen LogP contribution in [0.1, 0.15) is 0 Å². The molecule has 0 spiro atoms. The molecule has 3 aromatic heterocycles. The third-order valence-corrected chi connectivity index (χ3v) is 3.50. The molecule has 6 heteroatoms. The van der Waals surface area contributed by atoms with Gasteiger partial charge in [0.1, 0.15) is 11.3 Å². The topological polar surface area (TPSA) is 46.7 Å². The number of nitroso groups, excluding NO2 is 1. The lowest BCUT2D eigenvalue weighted by molar-refractivity contribution is 1.16. The van der Waals surface area contributed by atoms with Gasteiger partial charge in [-0.05, 0) is 28.8 Å². The van der Waals surface area contributed by atoms with Crippen LogP contribution in [0.5, 0.6) is 0 Å². The first-order chi connectivity index (χ1) is 8.29. The van der Waals surface area contributed by atoms with E-state index >= 15 is 0 Å². The molecule has 3 heterocycles. The van der Waals surface area contributed by atoms with E-state index in [0.29, 0.717) is 16.4 Å². The van der Waals surface area contributed by atoms with Gasteiger partial charge >= 0.3 is 0 Å². The molecular weight excluding hydrogens is 258 g/mol. The number of aromatic nitrogens is 2. The lowest BCUT2D eigenvalue weighted by Gasteiger charge is -1.94. The summed E-state index contributed by atoms with van der Waals surface area (Å²) in [6, 6.07) is 7.30. The van der Waals surface area contributed by atoms with Gasteiger partial charge in [0, 0.05) is 6.20 Å². The Balaban J connectivity index is 2.36. The maximum Gasteiger partial charge on any atom is 0.210 e. The van der Waals surface area contributed by atoms with Crippen molar-refractivity contribution >= 4 is 34.4 Å². The Morgan fingerprint density at radius 1 is 1.35 bits per heavy atom. The number of imidazole rings is 1. The Labute approximate surface area is 105 Å². The highest BCUT2D eigenvalue weighted by Crippen LogP contribution is 2.34. The van der Waals surface area contributed by atoms with Crippen molar-refractivity contribution in [3.63, 3.8) is 0 Å². The number of hydrogen-bond acceptors (Lipinski definition) is 4. The summed E-state index contributed by atoms with van der Waals surface area (Å²) in [5, 5.41) is 5.53. The van der Waals surface area contributed by atoms with Gasteiger partial charge < -0.3 is 0 Å². The van der Waals surface area contributed by atoms with Crippen LogP contribution in [0, 0.1) is 4.91 Å². The van der Waals surface area contributed by atoms with Gasteiger partial charge in [-0.25, -0.2) is 4.98 Å². The van der Waals surface area contributed by atoms with Gasteiger partial charge in [0.2, 0.25) is 5.82 Å². The van der Waals surface area contributed by atoms with Crippen LogP contribution in [0.15, 0.2) is 41.0 Å². The SMILES string of the molecule is O=Nc1c(-c2cccs2)nc2ccc(Cl)cn12. The zero-order chi connectivity index (χ0) is 11.8. The van der Waals surface area contributed by atoms with Crippen molar-refractivity contribution in [2.45, 2.75) is 0 Å². The average Bonchev–Trinajstić information content (AvgIpc) is 2.94. The van der Waals surface area contributed by atoms with Crippen molar-refractivity contribution in [1.82, 2.24) is 9.38 Å². The monoisotopic (exact) mass is 263 g/mol. The minimum absolute atomic E-state index is 0.282. The summed E-state index contributed by atoms with van der Waals surface area (Å²) >= 11 is 7.41. The highest BCUT2D eigenvalue weighted by Gasteiger charge is 2.15. The summed E-state index contributed by atoms with van der Waals surface area (Å²) in [6.07, 6.45) is 1.64. The molecule has 0 bridgehead atoms. The summed E-state index contributed by atoms with van der Waals surface area (Å²) in [7, 11) is 0. The largest absolute Gasteiger partial charge is 0.280 e. The quantitative estimate of drug-likeness (QED) is 0.653. The average molecular weight is 264 g/mol. The third kappa shape index (κ3) is 1.64. The Morgan fingerprint density at radius 2 is 2.24 bits per heavy atom. The summed E-state index contributed by atoms with van der Waals surface area (Å²) in [4.78, 5) is 16.3. The fraction of sp³-hybridized carbons (Fsp3) is 0. The lowest BCUT2D eigenvalue weighted by atomic mass is 10.3. The van der Waals surface area contributed by atoms with Crippen molar-refractivity contribution in [2.75, 3.05) is 0 Å². The van der Waals surface area contributed by atoms with Gasteiger partial charge in [-0.15, -0.1) is 16.2 Å². The normalized spacial score (nSPS) is 10.9. The van der Waals surface area contributed by atoms with Gasteiger partial charge in [0.05, 0.1) is 9.90 Å². The van der Waals surface area contributed by atoms with Crippen LogP contribution in [0.4, 0.5) is 5.82 Å². The number of rotatable bonds is 2. The van der Waals surface area contributed by atoms with Crippen molar-refractivity contribution in [3.05, 3.63) is 45.8 Å². The second kappa shape index (κ2) is 3.94. The Morgan fingerprint density at radius 3 is 2.94 bits per heavy atom. The molecule has 0 atom stereocenters. The molecule has 0 fully saturated rings. The van der Waals surface area contributed by atoms with Crippen LogP contribution in [0.3, 0.4) is 0 Å². The van der Waals surface area contributed by atoms with Crippen molar-refractivity contribution in [1.29, 1.82) is 0 Å². The van der Waals surface area contributed by atoms with E-state index in [0.717, 1.165) is 4.88 Å². The molecule has 17 heavy (non-hydrogen) atoms. The molecule has 0 amide bonds. The molecule has 0 aliphatic rings. The fourth-order valence-electron chi connectivity index (χ4n) is 1.67. The number of nitrogens with zero attached hydrogens (tertiary/aromatic N) is 3. The lowest BCUT2D eigenvalue weighted by Crippen LogP contribution is -1.82. The minimum atomic E-state index is 0.282. The van der Waals surface area contributed by atoms with E-state index in [1.165, 1.54) is 11.3 Å². The Bertz CT molecular complexity index is 690. The fourth-order valence-corrected chi connectivity index (χ4v) is 2.54. The predicted molar refractivity (Wildman–Crippen MR) is 69.0 cm³/mol. The van der Waals surface area contributed by atoms with Gasteiger partial charge in [-0.3, -0.25) is 4.40 Å². The van der Waals surface area contributed by atoms with E-state index in [4.69, 9.17) is 11.6 Å². The van der Waals surface area contributed by atoms with E-state index in [9.17, 15) is 4.91 Å². The number of thiophene rings is 1. The molecule has 0 aliphatic heterocycles. The first-order valence-corrected chi connectivity index (χ1v) is 6.10. The summed E-state index contributed by atoms with van der Waals surface area (Å²) < 4.78 is 1.60. The summed E-state index contributed by atoms with van der Waals surface area (Å²) in [6.45, 7) is 0.